The summed E-state index contributed by atoms with van der Waals surface area (Å²) in [6.45, 7) is 2.55. The number of aromatic hydroxyl groups is 1. The first-order valence-corrected chi connectivity index (χ1v) is 12.2. The lowest BCUT2D eigenvalue weighted by molar-refractivity contribution is -0.140. The summed E-state index contributed by atoms with van der Waals surface area (Å²) in [5.41, 5.74) is 3.89. The Morgan fingerprint density at radius 2 is 1.68 bits per heavy atom. The molecular formula is C31H26N2O5. The number of hydrogen-bond acceptors (Lipinski definition) is 6. The molecule has 1 atom stereocenters. The summed E-state index contributed by atoms with van der Waals surface area (Å²) in [6, 6.07) is 23.7. The maximum atomic E-state index is 13.2. The molecule has 7 nitrogen and oxygen atoms in total. The Morgan fingerprint density at radius 3 is 2.37 bits per heavy atom. The highest BCUT2D eigenvalue weighted by atomic mass is 16.5. The number of carbonyl (C=O) groups is 2. The fraction of sp³-hybridized carbons (Fsp3) is 0.129. The smallest absolute Gasteiger partial charge is 0.295 e. The van der Waals surface area contributed by atoms with Crippen LogP contribution in [0.2, 0.25) is 0 Å². The molecule has 4 aromatic rings. The van der Waals surface area contributed by atoms with E-state index in [1.807, 2.05) is 37.3 Å². The van der Waals surface area contributed by atoms with Crippen molar-refractivity contribution in [3.05, 3.63) is 131 Å². The molecule has 1 amide bonds. The van der Waals surface area contributed by atoms with Crippen LogP contribution in [0.1, 0.15) is 33.9 Å². The van der Waals surface area contributed by atoms with Crippen molar-refractivity contribution < 1.29 is 24.5 Å². The highest BCUT2D eigenvalue weighted by molar-refractivity contribution is 6.46. The van der Waals surface area contributed by atoms with Crippen molar-refractivity contribution in [2.24, 2.45) is 0 Å². The van der Waals surface area contributed by atoms with E-state index in [4.69, 9.17) is 4.74 Å². The standard InChI is InChI=1S/C31H26N2O5/c1-20-4-2-5-21(16-20)19-38-26-13-9-24(10-14-26)29(35)27-28(23-7-11-25(34)12-8-23)33(31(37)30(27)36)18-22-6-3-15-32-17-22/h2-17,28,34-35H,18-19H2,1H3/b29-27+/t28-/m0/s1. The van der Waals surface area contributed by atoms with E-state index in [-0.39, 0.29) is 23.6 Å². The number of Topliss-reactive ketones (excluding diaryl/α,β-unsaturated/α-hetero) is 1. The second-order valence-corrected chi connectivity index (χ2v) is 9.18. The van der Waals surface area contributed by atoms with E-state index >= 15 is 0 Å². The Labute approximate surface area is 220 Å². The minimum absolute atomic E-state index is 0.0157. The number of aryl methyl sites for hydroxylation is 1. The van der Waals surface area contributed by atoms with Gasteiger partial charge in [-0.25, -0.2) is 0 Å². The molecular weight excluding hydrogens is 480 g/mol. The van der Waals surface area contributed by atoms with E-state index in [0.29, 0.717) is 23.5 Å². The number of benzene rings is 3. The Kier molecular flexibility index (Phi) is 6.91. The fourth-order valence-corrected chi connectivity index (χ4v) is 4.57. The molecule has 2 heterocycles. The lowest BCUT2D eigenvalue weighted by Gasteiger charge is -2.25. The van der Waals surface area contributed by atoms with Gasteiger partial charge in [0.15, 0.2) is 0 Å². The summed E-state index contributed by atoms with van der Waals surface area (Å²) in [6.07, 6.45) is 3.26. The monoisotopic (exact) mass is 506 g/mol. The number of carbonyl (C=O) groups excluding carboxylic acids is 2. The molecule has 7 heteroatoms. The molecule has 1 aromatic heterocycles. The highest BCUT2D eigenvalue weighted by Gasteiger charge is 2.46. The summed E-state index contributed by atoms with van der Waals surface area (Å²) in [4.78, 5) is 31.9. The van der Waals surface area contributed by atoms with Crippen LogP contribution in [0.15, 0.2) is 103 Å². The molecule has 1 aliphatic rings. The van der Waals surface area contributed by atoms with E-state index in [1.54, 1.807) is 54.9 Å². The SMILES string of the molecule is Cc1cccc(COc2ccc(/C(O)=C3\C(=O)C(=O)N(Cc4cccnc4)[C@H]3c3ccc(O)cc3)cc2)c1. The molecule has 0 radical (unpaired) electrons. The number of rotatable bonds is 7. The van der Waals surface area contributed by atoms with Crippen LogP contribution in [0.5, 0.6) is 11.5 Å². The predicted molar refractivity (Wildman–Crippen MR) is 142 cm³/mol. The van der Waals surface area contributed by atoms with Crippen molar-refractivity contribution in [1.29, 1.82) is 0 Å². The van der Waals surface area contributed by atoms with Crippen LogP contribution in [0.3, 0.4) is 0 Å². The molecule has 38 heavy (non-hydrogen) atoms. The average Bonchev–Trinajstić information content (AvgIpc) is 3.18. The van der Waals surface area contributed by atoms with Crippen LogP contribution in [0.25, 0.3) is 5.76 Å². The third-order valence-electron chi connectivity index (χ3n) is 6.44. The van der Waals surface area contributed by atoms with Gasteiger partial charge in [-0.15, -0.1) is 0 Å². The first kappa shape index (κ1) is 24.8. The molecule has 190 valence electrons. The van der Waals surface area contributed by atoms with Crippen molar-refractivity contribution in [2.75, 3.05) is 0 Å². The largest absolute Gasteiger partial charge is 0.508 e. The van der Waals surface area contributed by atoms with E-state index in [0.717, 1.165) is 16.7 Å². The van der Waals surface area contributed by atoms with E-state index < -0.39 is 17.7 Å². The van der Waals surface area contributed by atoms with Gasteiger partial charge in [-0.3, -0.25) is 14.6 Å². The summed E-state index contributed by atoms with van der Waals surface area (Å²) in [5, 5.41) is 21.1. The number of aliphatic hydroxyl groups is 1. The Balaban J connectivity index is 1.47. The van der Waals surface area contributed by atoms with Gasteiger partial charge in [-0.05, 0) is 66.1 Å². The van der Waals surface area contributed by atoms with Gasteiger partial charge in [0.25, 0.3) is 11.7 Å². The number of ether oxygens (including phenoxy) is 1. The topological polar surface area (TPSA) is 100.0 Å². The minimum Gasteiger partial charge on any atom is -0.508 e. The van der Waals surface area contributed by atoms with Crippen LogP contribution in [-0.2, 0) is 22.7 Å². The molecule has 0 spiro atoms. The zero-order chi connectivity index (χ0) is 26.6. The van der Waals surface area contributed by atoms with Gasteiger partial charge in [-0.1, -0.05) is 48.0 Å². The van der Waals surface area contributed by atoms with Gasteiger partial charge < -0.3 is 19.8 Å². The first-order chi connectivity index (χ1) is 18.4. The number of aromatic nitrogens is 1. The number of pyridine rings is 1. The number of ketones is 1. The van der Waals surface area contributed by atoms with E-state index in [2.05, 4.69) is 4.98 Å². The van der Waals surface area contributed by atoms with Crippen LogP contribution in [-0.4, -0.2) is 31.8 Å². The molecule has 0 saturated carbocycles. The Morgan fingerprint density at radius 1 is 0.947 bits per heavy atom. The maximum Gasteiger partial charge on any atom is 0.295 e. The average molecular weight is 507 g/mol. The highest BCUT2D eigenvalue weighted by Crippen LogP contribution is 2.40. The predicted octanol–water partition coefficient (Wildman–Crippen LogP) is 5.30. The second-order valence-electron chi connectivity index (χ2n) is 9.18. The van der Waals surface area contributed by atoms with Gasteiger partial charge in [-0.2, -0.15) is 0 Å². The summed E-state index contributed by atoms with van der Waals surface area (Å²) >= 11 is 0. The molecule has 3 aromatic carbocycles. The van der Waals surface area contributed by atoms with Gasteiger partial charge >= 0.3 is 0 Å². The zero-order valence-corrected chi connectivity index (χ0v) is 20.7. The lowest BCUT2D eigenvalue weighted by atomic mass is 9.95. The van der Waals surface area contributed by atoms with Crippen molar-refractivity contribution in [2.45, 2.75) is 26.1 Å². The van der Waals surface area contributed by atoms with Gasteiger partial charge in [0.1, 0.15) is 23.9 Å². The quantitative estimate of drug-likeness (QED) is 0.201. The number of likely N-dealkylation sites (tertiary alicyclic amines) is 1. The van der Waals surface area contributed by atoms with E-state index in [1.165, 1.54) is 17.0 Å². The Hall–Kier alpha value is -4.91. The van der Waals surface area contributed by atoms with Gasteiger partial charge in [0.2, 0.25) is 0 Å². The van der Waals surface area contributed by atoms with Crippen LogP contribution >= 0.6 is 0 Å². The van der Waals surface area contributed by atoms with Crippen molar-refractivity contribution in [1.82, 2.24) is 9.88 Å². The molecule has 0 unspecified atom stereocenters. The number of phenolic OH excluding ortho intramolecular Hbond substituents is 1. The van der Waals surface area contributed by atoms with Crippen molar-refractivity contribution >= 4 is 17.4 Å². The maximum absolute atomic E-state index is 13.2. The Bertz CT molecular complexity index is 1500. The van der Waals surface area contributed by atoms with Crippen molar-refractivity contribution in [3.8, 4) is 11.5 Å². The third kappa shape index (κ3) is 5.13. The number of nitrogens with zero attached hydrogens (tertiary/aromatic N) is 2. The number of amides is 1. The third-order valence-corrected chi connectivity index (χ3v) is 6.44. The van der Waals surface area contributed by atoms with E-state index in [9.17, 15) is 19.8 Å². The van der Waals surface area contributed by atoms with Gasteiger partial charge in [0.05, 0.1) is 11.6 Å². The minimum atomic E-state index is -0.840. The first-order valence-electron chi connectivity index (χ1n) is 12.2. The number of hydrogen-bond donors (Lipinski definition) is 2. The molecule has 0 bridgehead atoms. The van der Waals surface area contributed by atoms with Crippen LogP contribution in [0, 0.1) is 6.92 Å². The second kappa shape index (κ2) is 10.6. The zero-order valence-electron chi connectivity index (χ0n) is 20.7. The molecule has 5 rings (SSSR count). The molecule has 1 fully saturated rings. The molecule has 1 aliphatic heterocycles. The van der Waals surface area contributed by atoms with Crippen molar-refractivity contribution in [3.63, 3.8) is 0 Å². The molecule has 1 saturated heterocycles. The number of aliphatic hydroxyl groups excluding tert-OH is 1. The molecule has 2 N–H and O–H groups in total. The van der Waals surface area contributed by atoms with Gasteiger partial charge in [0, 0.05) is 24.5 Å². The fourth-order valence-electron chi connectivity index (χ4n) is 4.57. The van der Waals surface area contributed by atoms with Crippen LogP contribution < -0.4 is 4.74 Å². The normalized spacial score (nSPS) is 16.6. The molecule has 0 aliphatic carbocycles. The summed E-state index contributed by atoms with van der Waals surface area (Å²) in [7, 11) is 0. The number of phenols is 1. The summed E-state index contributed by atoms with van der Waals surface area (Å²) < 4.78 is 5.87. The lowest BCUT2D eigenvalue weighted by Crippen LogP contribution is -2.29. The summed E-state index contributed by atoms with van der Waals surface area (Å²) in [5.74, 6) is -1.11. The van der Waals surface area contributed by atoms with Crippen LogP contribution in [0.4, 0.5) is 0 Å².